The number of rotatable bonds is 6. The van der Waals surface area contributed by atoms with Gasteiger partial charge in [-0.2, -0.15) is 0 Å². The average molecular weight is 289 g/mol. The maximum atomic E-state index is 12.1. The van der Waals surface area contributed by atoms with E-state index in [1.165, 1.54) is 26.4 Å². The summed E-state index contributed by atoms with van der Waals surface area (Å²) in [6, 6.07) is 2.95. The molecule has 1 aromatic carbocycles. The number of halogens is 2. The third-order valence-corrected chi connectivity index (χ3v) is 2.78. The molecule has 0 aliphatic rings. The predicted molar refractivity (Wildman–Crippen MR) is 68.6 cm³/mol. The van der Waals surface area contributed by atoms with Gasteiger partial charge < -0.3 is 19.9 Å². The lowest BCUT2D eigenvalue weighted by molar-refractivity contribution is -0.00270. The van der Waals surface area contributed by atoms with Gasteiger partial charge in [0.15, 0.2) is 0 Å². The fraction of sp³-hybridized carbons (Fsp3) is 0.462. The fourth-order valence-corrected chi connectivity index (χ4v) is 1.61. The molecular formula is C13H17F2NO4. The normalized spacial score (nSPS) is 12.2. The van der Waals surface area contributed by atoms with Gasteiger partial charge >= 0.3 is 0 Å². The summed E-state index contributed by atoms with van der Waals surface area (Å²) >= 11 is 0. The summed E-state index contributed by atoms with van der Waals surface area (Å²) in [5.41, 5.74) is 0.921. The predicted octanol–water partition coefficient (Wildman–Crippen LogP) is 1.37. The minimum atomic E-state index is -2.91. The van der Waals surface area contributed by atoms with Crippen molar-refractivity contribution in [2.45, 2.75) is 19.5 Å². The van der Waals surface area contributed by atoms with Gasteiger partial charge in [0.05, 0.1) is 14.2 Å². The van der Waals surface area contributed by atoms with Crippen LogP contribution in [-0.4, -0.2) is 44.3 Å². The van der Waals surface area contributed by atoms with Gasteiger partial charge in [0.2, 0.25) is 0 Å². The Labute approximate surface area is 115 Å². The van der Waals surface area contributed by atoms with Crippen LogP contribution in [0.3, 0.4) is 0 Å². The molecule has 7 heteroatoms. The first-order valence-electron chi connectivity index (χ1n) is 5.87. The van der Waals surface area contributed by atoms with Crippen LogP contribution >= 0.6 is 0 Å². The lowest BCUT2D eigenvalue weighted by Crippen LogP contribution is -2.35. The molecule has 20 heavy (non-hydrogen) atoms. The molecule has 0 aliphatic carbocycles. The molecule has 0 spiro atoms. The molecule has 0 aromatic heterocycles. The Morgan fingerprint density at radius 2 is 1.80 bits per heavy atom. The Balaban J connectivity index is 2.88. The van der Waals surface area contributed by atoms with Gasteiger partial charge in [-0.25, -0.2) is 8.78 Å². The average Bonchev–Trinajstić information content (AvgIpc) is 2.44. The van der Waals surface area contributed by atoms with Gasteiger partial charge in [0.25, 0.3) is 12.3 Å². The highest BCUT2D eigenvalue weighted by Gasteiger charge is 2.19. The Hall–Kier alpha value is -1.89. The summed E-state index contributed by atoms with van der Waals surface area (Å²) in [6.07, 6.45) is -4.80. The van der Waals surface area contributed by atoms with Crippen LogP contribution in [0.1, 0.15) is 15.9 Å². The molecular weight excluding hydrogens is 272 g/mol. The maximum Gasteiger partial charge on any atom is 0.265 e. The third kappa shape index (κ3) is 3.80. The van der Waals surface area contributed by atoms with E-state index in [9.17, 15) is 13.6 Å². The monoisotopic (exact) mass is 289 g/mol. The van der Waals surface area contributed by atoms with Gasteiger partial charge in [-0.3, -0.25) is 4.79 Å². The minimum absolute atomic E-state index is 0.200. The van der Waals surface area contributed by atoms with Gasteiger partial charge in [0.1, 0.15) is 17.6 Å². The zero-order valence-corrected chi connectivity index (χ0v) is 11.4. The van der Waals surface area contributed by atoms with Crippen molar-refractivity contribution in [1.29, 1.82) is 0 Å². The molecule has 0 bridgehead atoms. The van der Waals surface area contributed by atoms with Crippen molar-refractivity contribution >= 4 is 5.91 Å². The number of hydrogen-bond acceptors (Lipinski definition) is 4. The van der Waals surface area contributed by atoms with Gasteiger partial charge in [-0.05, 0) is 19.1 Å². The summed E-state index contributed by atoms with van der Waals surface area (Å²) < 4.78 is 34.5. The van der Waals surface area contributed by atoms with Crippen LogP contribution in [0.4, 0.5) is 8.78 Å². The molecule has 1 aromatic rings. The number of aliphatic hydroxyl groups excluding tert-OH is 1. The number of hydrogen-bond donors (Lipinski definition) is 2. The molecule has 112 valence electrons. The van der Waals surface area contributed by atoms with Crippen LogP contribution in [0.25, 0.3) is 0 Å². The highest BCUT2D eigenvalue weighted by molar-refractivity contribution is 5.95. The number of nitrogens with one attached hydrogen (secondary N) is 1. The molecule has 0 fully saturated rings. The second kappa shape index (κ2) is 7.04. The van der Waals surface area contributed by atoms with Crippen LogP contribution in [0, 0.1) is 6.92 Å². The maximum absolute atomic E-state index is 12.1. The molecule has 0 heterocycles. The minimum Gasteiger partial charge on any atom is -0.496 e. The standard InChI is InChI=1S/C13H17F2NO4/c1-7-10(19-2)4-8(5-11(7)20-3)13(18)16-6-9(17)12(14)15/h4-5,9,12,17H,6H2,1-3H3,(H,16,18). The van der Waals surface area contributed by atoms with Crippen molar-refractivity contribution in [3.8, 4) is 11.5 Å². The third-order valence-electron chi connectivity index (χ3n) is 2.78. The van der Waals surface area contributed by atoms with E-state index in [2.05, 4.69) is 5.32 Å². The van der Waals surface area contributed by atoms with Crippen molar-refractivity contribution < 1.29 is 28.2 Å². The quantitative estimate of drug-likeness (QED) is 0.830. The summed E-state index contributed by atoms with van der Waals surface area (Å²) in [5, 5.41) is 11.2. The second-order valence-electron chi connectivity index (χ2n) is 4.12. The first-order chi connectivity index (χ1) is 9.40. The van der Waals surface area contributed by atoms with E-state index in [0.717, 1.165) is 5.56 Å². The Morgan fingerprint density at radius 1 is 1.30 bits per heavy atom. The van der Waals surface area contributed by atoms with E-state index < -0.39 is 25.0 Å². The van der Waals surface area contributed by atoms with Crippen molar-refractivity contribution in [3.63, 3.8) is 0 Å². The van der Waals surface area contributed by atoms with Gasteiger partial charge in [0, 0.05) is 17.7 Å². The molecule has 2 N–H and O–H groups in total. The zero-order valence-electron chi connectivity index (χ0n) is 11.4. The Kier molecular flexibility index (Phi) is 5.69. The van der Waals surface area contributed by atoms with Crippen LogP contribution in [0.2, 0.25) is 0 Å². The molecule has 0 saturated heterocycles. The number of ether oxygens (including phenoxy) is 2. The Morgan fingerprint density at radius 3 is 2.20 bits per heavy atom. The Bertz CT molecular complexity index is 454. The van der Waals surface area contributed by atoms with Crippen molar-refractivity contribution in [1.82, 2.24) is 5.32 Å². The van der Waals surface area contributed by atoms with E-state index in [1.54, 1.807) is 6.92 Å². The number of methoxy groups -OCH3 is 2. The SMILES string of the molecule is COc1cc(C(=O)NCC(O)C(F)F)cc(OC)c1C. The van der Waals surface area contributed by atoms with Crippen LogP contribution in [-0.2, 0) is 0 Å². The first kappa shape index (κ1) is 16.2. The summed E-state index contributed by atoms with van der Waals surface area (Å²) in [5.74, 6) is 0.300. The highest BCUT2D eigenvalue weighted by Crippen LogP contribution is 2.29. The summed E-state index contributed by atoms with van der Waals surface area (Å²) in [6.45, 7) is 1.23. The molecule has 0 aliphatic heterocycles. The smallest absolute Gasteiger partial charge is 0.265 e. The molecule has 5 nitrogen and oxygen atoms in total. The zero-order chi connectivity index (χ0) is 15.3. The van der Waals surface area contributed by atoms with Crippen LogP contribution in [0.5, 0.6) is 11.5 Å². The largest absolute Gasteiger partial charge is 0.496 e. The highest BCUT2D eigenvalue weighted by atomic mass is 19.3. The van der Waals surface area contributed by atoms with E-state index in [-0.39, 0.29) is 5.56 Å². The van der Waals surface area contributed by atoms with Crippen molar-refractivity contribution in [2.24, 2.45) is 0 Å². The van der Waals surface area contributed by atoms with Crippen LogP contribution in [0.15, 0.2) is 12.1 Å². The summed E-state index contributed by atoms with van der Waals surface area (Å²) in [4.78, 5) is 11.8. The molecule has 1 atom stereocenters. The van der Waals surface area contributed by atoms with Crippen LogP contribution < -0.4 is 14.8 Å². The van der Waals surface area contributed by atoms with E-state index >= 15 is 0 Å². The van der Waals surface area contributed by atoms with E-state index in [4.69, 9.17) is 14.6 Å². The number of aliphatic hydroxyl groups is 1. The van der Waals surface area contributed by atoms with Gasteiger partial charge in [-0.1, -0.05) is 0 Å². The topological polar surface area (TPSA) is 67.8 Å². The molecule has 1 rings (SSSR count). The first-order valence-corrected chi connectivity index (χ1v) is 5.87. The lowest BCUT2D eigenvalue weighted by Gasteiger charge is -2.14. The van der Waals surface area contributed by atoms with Gasteiger partial charge in [-0.15, -0.1) is 0 Å². The fourth-order valence-electron chi connectivity index (χ4n) is 1.61. The summed E-state index contributed by atoms with van der Waals surface area (Å²) in [7, 11) is 2.90. The number of carbonyl (C=O) groups excluding carboxylic acids is 1. The lowest BCUT2D eigenvalue weighted by atomic mass is 10.1. The molecule has 0 radical (unpaired) electrons. The number of amides is 1. The van der Waals surface area contributed by atoms with Crippen molar-refractivity contribution in [2.75, 3.05) is 20.8 Å². The number of carbonyl (C=O) groups is 1. The van der Waals surface area contributed by atoms with Crippen molar-refractivity contribution in [3.05, 3.63) is 23.3 Å². The molecule has 1 unspecified atom stereocenters. The molecule has 1 amide bonds. The molecule has 0 saturated carbocycles. The number of alkyl halides is 2. The van der Waals surface area contributed by atoms with E-state index in [0.29, 0.717) is 11.5 Å². The number of benzene rings is 1. The second-order valence-corrected chi connectivity index (χ2v) is 4.12. The van der Waals surface area contributed by atoms with E-state index in [1.807, 2.05) is 0 Å².